The van der Waals surface area contributed by atoms with Gasteiger partial charge in [0.25, 0.3) is 0 Å². The zero-order valence-corrected chi connectivity index (χ0v) is 17.0. The van der Waals surface area contributed by atoms with Gasteiger partial charge in [-0.05, 0) is 30.5 Å². The largest absolute Gasteiger partial charge is 0.374 e. The molecule has 0 radical (unpaired) electrons. The van der Waals surface area contributed by atoms with E-state index >= 15 is 0 Å². The summed E-state index contributed by atoms with van der Waals surface area (Å²) in [6, 6.07) is 14.7. The van der Waals surface area contributed by atoms with E-state index in [1.54, 1.807) is 12.3 Å². The molecule has 6 heteroatoms. The lowest BCUT2D eigenvalue weighted by molar-refractivity contribution is 0.0167. The number of benzene rings is 2. The van der Waals surface area contributed by atoms with Crippen molar-refractivity contribution < 1.29 is 9.13 Å². The molecule has 4 rings (SSSR count). The van der Waals surface area contributed by atoms with E-state index in [1.165, 1.54) is 42.7 Å². The molecule has 0 amide bonds. The number of hydrogen-bond acceptors (Lipinski definition) is 5. The van der Waals surface area contributed by atoms with Crippen LogP contribution in [-0.4, -0.2) is 17.3 Å². The molecule has 1 aliphatic carbocycles. The summed E-state index contributed by atoms with van der Waals surface area (Å²) in [6.07, 6.45) is 7.87. The summed E-state index contributed by atoms with van der Waals surface area (Å²) in [4.78, 5) is 4.55. The summed E-state index contributed by atoms with van der Waals surface area (Å²) in [5.74, 6) is -0.259. The molecule has 2 aromatic carbocycles. The molecule has 0 atom stereocenters. The molecule has 1 fully saturated rings. The lowest BCUT2D eigenvalue weighted by atomic mass is 9.98. The van der Waals surface area contributed by atoms with Gasteiger partial charge in [0.2, 0.25) is 5.13 Å². The molecule has 0 spiro atoms. The van der Waals surface area contributed by atoms with Crippen LogP contribution in [0.15, 0.2) is 59.0 Å². The first-order valence-corrected chi connectivity index (χ1v) is 10.9. The van der Waals surface area contributed by atoms with Gasteiger partial charge in [-0.3, -0.25) is 5.43 Å². The Balaban J connectivity index is 1.39. The molecule has 29 heavy (non-hydrogen) atoms. The normalized spacial score (nSPS) is 15.1. The number of thiazole rings is 1. The van der Waals surface area contributed by atoms with Crippen molar-refractivity contribution in [2.75, 3.05) is 5.43 Å². The second kappa shape index (κ2) is 9.76. The standard InChI is InChI=1S/C23H24FN3OS/c24-20-12-11-18(19(13-20)15-28-21-9-5-2-6-10-21)14-25-27-23-26-22(16-29-23)17-7-3-1-4-8-17/h1,3-4,7-8,11-14,16,21H,2,5-6,9-10,15H2,(H,26,27). The molecule has 1 N–H and O–H groups in total. The maximum atomic E-state index is 13.7. The van der Waals surface area contributed by atoms with Crippen LogP contribution in [0.3, 0.4) is 0 Å². The fraction of sp³-hybridized carbons (Fsp3) is 0.304. The molecular formula is C23H24FN3OS. The quantitative estimate of drug-likeness (QED) is 0.371. The van der Waals surface area contributed by atoms with Gasteiger partial charge in [-0.1, -0.05) is 55.7 Å². The average Bonchev–Trinajstić information content (AvgIpc) is 3.24. The first kappa shape index (κ1) is 19.7. The van der Waals surface area contributed by atoms with Crippen LogP contribution in [0, 0.1) is 5.82 Å². The van der Waals surface area contributed by atoms with Crippen LogP contribution in [-0.2, 0) is 11.3 Å². The topological polar surface area (TPSA) is 46.5 Å². The number of halogens is 1. The van der Waals surface area contributed by atoms with E-state index in [0.717, 1.165) is 35.2 Å². The van der Waals surface area contributed by atoms with Crippen molar-refractivity contribution in [3.8, 4) is 11.3 Å². The van der Waals surface area contributed by atoms with E-state index in [-0.39, 0.29) is 11.9 Å². The second-order valence-electron chi connectivity index (χ2n) is 7.19. The maximum Gasteiger partial charge on any atom is 0.203 e. The van der Waals surface area contributed by atoms with Crippen LogP contribution in [0.2, 0.25) is 0 Å². The molecule has 1 aromatic heterocycles. The molecule has 0 aliphatic heterocycles. The van der Waals surface area contributed by atoms with Crippen molar-refractivity contribution >= 4 is 22.7 Å². The van der Waals surface area contributed by atoms with Crippen molar-refractivity contribution in [2.45, 2.75) is 44.8 Å². The van der Waals surface area contributed by atoms with E-state index in [1.807, 2.05) is 35.7 Å². The molecule has 0 bridgehead atoms. The van der Waals surface area contributed by atoms with Gasteiger partial charge in [-0.15, -0.1) is 11.3 Å². The van der Waals surface area contributed by atoms with Crippen molar-refractivity contribution in [2.24, 2.45) is 5.10 Å². The number of anilines is 1. The minimum atomic E-state index is -0.259. The van der Waals surface area contributed by atoms with Crippen LogP contribution in [0.4, 0.5) is 9.52 Å². The van der Waals surface area contributed by atoms with E-state index < -0.39 is 0 Å². The zero-order valence-electron chi connectivity index (χ0n) is 16.2. The number of ether oxygens (including phenoxy) is 1. The maximum absolute atomic E-state index is 13.7. The Bertz CT molecular complexity index is 952. The number of aromatic nitrogens is 1. The monoisotopic (exact) mass is 409 g/mol. The first-order valence-electron chi connectivity index (χ1n) is 9.98. The summed E-state index contributed by atoms with van der Waals surface area (Å²) in [6.45, 7) is 0.402. The van der Waals surface area contributed by atoms with E-state index in [0.29, 0.717) is 11.7 Å². The smallest absolute Gasteiger partial charge is 0.203 e. The number of hydrogen-bond donors (Lipinski definition) is 1. The van der Waals surface area contributed by atoms with Gasteiger partial charge in [0.1, 0.15) is 5.82 Å². The van der Waals surface area contributed by atoms with Gasteiger partial charge in [0, 0.05) is 16.5 Å². The predicted molar refractivity (Wildman–Crippen MR) is 117 cm³/mol. The summed E-state index contributed by atoms with van der Waals surface area (Å²) in [5, 5.41) is 7.00. The van der Waals surface area contributed by atoms with E-state index in [4.69, 9.17) is 4.74 Å². The third kappa shape index (κ3) is 5.49. The highest BCUT2D eigenvalue weighted by Crippen LogP contribution is 2.25. The Hall–Kier alpha value is -2.57. The third-order valence-electron chi connectivity index (χ3n) is 5.07. The van der Waals surface area contributed by atoms with Crippen molar-refractivity contribution in [3.63, 3.8) is 0 Å². The Morgan fingerprint density at radius 2 is 1.97 bits per heavy atom. The predicted octanol–water partition coefficient (Wildman–Crippen LogP) is 6.24. The molecule has 0 unspecified atom stereocenters. The first-order chi connectivity index (χ1) is 14.3. The highest BCUT2D eigenvalue weighted by Gasteiger charge is 2.14. The third-order valence-corrected chi connectivity index (χ3v) is 5.82. The Labute approximate surface area is 174 Å². The lowest BCUT2D eigenvalue weighted by Gasteiger charge is -2.22. The minimum Gasteiger partial charge on any atom is -0.374 e. The molecule has 1 saturated carbocycles. The number of rotatable bonds is 7. The van der Waals surface area contributed by atoms with Crippen molar-refractivity contribution in [1.29, 1.82) is 0 Å². The van der Waals surface area contributed by atoms with Crippen LogP contribution >= 0.6 is 11.3 Å². The summed E-state index contributed by atoms with van der Waals surface area (Å²) < 4.78 is 19.8. The summed E-state index contributed by atoms with van der Waals surface area (Å²) >= 11 is 1.49. The van der Waals surface area contributed by atoms with E-state index in [9.17, 15) is 4.39 Å². The van der Waals surface area contributed by atoms with Gasteiger partial charge in [0.15, 0.2) is 0 Å². The Kier molecular flexibility index (Phi) is 6.64. The highest BCUT2D eigenvalue weighted by atomic mass is 32.1. The van der Waals surface area contributed by atoms with Crippen molar-refractivity contribution in [3.05, 3.63) is 70.9 Å². The number of nitrogens with one attached hydrogen (secondary N) is 1. The van der Waals surface area contributed by atoms with Crippen LogP contribution in [0.5, 0.6) is 0 Å². The van der Waals surface area contributed by atoms with Gasteiger partial charge in [0.05, 0.1) is 24.6 Å². The Morgan fingerprint density at radius 3 is 2.79 bits per heavy atom. The molecule has 150 valence electrons. The number of hydrazone groups is 1. The summed E-state index contributed by atoms with van der Waals surface area (Å²) in [5.41, 5.74) is 6.61. The molecule has 1 aliphatic rings. The van der Waals surface area contributed by atoms with Gasteiger partial charge in [-0.2, -0.15) is 5.10 Å². The van der Waals surface area contributed by atoms with Gasteiger partial charge >= 0.3 is 0 Å². The molecule has 1 heterocycles. The summed E-state index contributed by atoms with van der Waals surface area (Å²) in [7, 11) is 0. The fourth-order valence-corrected chi connectivity index (χ4v) is 4.16. The molecular weight excluding hydrogens is 385 g/mol. The van der Waals surface area contributed by atoms with E-state index in [2.05, 4.69) is 15.5 Å². The van der Waals surface area contributed by atoms with Gasteiger partial charge < -0.3 is 4.74 Å². The Morgan fingerprint density at radius 1 is 1.14 bits per heavy atom. The van der Waals surface area contributed by atoms with Crippen LogP contribution in [0.1, 0.15) is 43.2 Å². The molecule has 0 saturated heterocycles. The van der Waals surface area contributed by atoms with Crippen LogP contribution < -0.4 is 5.43 Å². The number of nitrogens with zero attached hydrogens (tertiary/aromatic N) is 2. The zero-order chi connectivity index (χ0) is 19.9. The SMILES string of the molecule is Fc1ccc(C=NNc2nc(-c3ccccc3)cs2)c(COC2CCCCC2)c1. The lowest BCUT2D eigenvalue weighted by Crippen LogP contribution is -2.16. The second-order valence-corrected chi connectivity index (χ2v) is 8.05. The highest BCUT2D eigenvalue weighted by molar-refractivity contribution is 7.14. The van der Waals surface area contributed by atoms with Crippen LogP contribution in [0.25, 0.3) is 11.3 Å². The van der Waals surface area contributed by atoms with Gasteiger partial charge in [-0.25, -0.2) is 9.37 Å². The minimum absolute atomic E-state index is 0.259. The average molecular weight is 410 g/mol. The molecule has 3 aromatic rings. The fourth-order valence-electron chi connectivity index (χ4n) is 3.49. The van der Waals surface area contributed by atoms with Crippen molar-refractivity contribution in [1.82, 2.24) is 4.98 Å². The molecule has 4 nitrogen and oxygen atoms in total.